The molecule has 29 heavy (non-hydrogen) atoms. The zero-order valence-electron chi connectivity index (χ0n) is 15.4. The van der Waals surface area contributed by atoms with Gasteiger partial charge in [0.15, 0.2) is 5.69 Å². The van der Waals surface area contributed by atoms with Crippen LogP contribution in [0.1, 0.15) is 21.9 Å². The number of nitrogens with zero attached hydrogens (tertiary/aromatic N) is 4. The summed E-state index contributed by atoms with van der Waals surface area (Å²) in [5.74, 6) is -1.52. The zero-order chi connectivity index (χ0) is 20.8. The highest BCUT2D eigenvalue weighted by molar-refractivity contribution is 6.09. The number of carbonyl (C=O) groups is 1. The molecule has 1 amide bonds. The molecular weight excluding hydrogens is 376 g/mol. The molecule has 0 saturated carbocycles. The van der Waals surface area contributed by atoms with Crippen molar-refractivity contribution in [3.63, 3.8) is 0 Å². The Morgan fingerprint density at radius 2 is 2.14 bits per heavy atom. The van der Waals surface area contributed by atoms with Gasteiger partial charge < -0.3 is 20.7 Å². The Bertz CT molecular complexity index is 1120. The Balaban J connectivity index is 1.91. The number of aromatic nitrogens is 3. The largest absolute Gasteiger partial charge is 0.501 e. The van der Waals surface area contributed by atoms with Gasteiger partial charge in [0, 0.05) is 19.5 Å². The Kier molecular flexibility index (Phi) is 5.83. The second-order valence-electron chi connectivity index (χ2n) is 5.94. The van der Waals surface area contributed by atoms with E-state index in [0.29, 0.717) is 12.1 Å². The van der Waals surface area contributed by atoms with Crippen molar-refractivity contribution in [3.8, 4) is 5.75 Å². The minimum absolute atomic E-state index is 0.0718. The second kappa shape index (κ2) is 8.65. The Morgan fingerprint density at radius 1 is 1.38 bits per heavy atom. The summed E-state index contributed by atoms with van der Waals surface area (Å²) in [6, 6.07) is 9.54. The standard InChI is InChI=1S/C19H18N6O4/c1-25-17(13(7-20)9-21-8-12-5-3-2-4-6-12)24-15(16(26)19(25)28)18(27)23-14-10-22-29-11-14/h2-7,9-11,26H,8,20H2,1H3,(H,23,27)/b13-7+,21-9?. The van der Waals surface area contributed by atoms with Gasteiger partial charge >= 0.3 is 0 Å². The second-order valence-corrected chi connectivity index (χ2v) is 5.94. The van der Waals surface area contributed by atoms with Crippen LogP contribution in [0, 0.1) is 0 Å². The summed E-state index contributed by atoms with van der Waals surface area (Å²) in [4.78, 5) is 33.2. The van der Waals surface area contributed by atoms with Crippen LogP contribution in [-0.2, 0) is 13.6 Å². The van der Waals surface area contributed by atoms with Crippen LogP contribution < -0.4 is 16.6 Å². The van der Waals surface area contributed by atoms with Gasteiger partial charge in [0.1, 0.15) is 17.8 Å². The first kappa shape index (κ1) is 19.5. The molecule has 148 valence electrons. The van der Waals surface area contributed by atoms with E-state index in [9.17, 15) is 14.7 Å². The number of aromatic hydroxyl groups is 1. The van der Waals surface area contributed by atoms with Gasteiger partial charge in [-0.15, -0.1) is 0 Å². The summed E-state index contributed by atoms with van der Waals surface area (Å²) in [5.41, 5.74) is 5.96. The number of aliphatic imine (C=N–C) groups is 1. The molecule has 0 unspecified atom stereocenters. The van der Waals surface area contributed by atoms with E-state index in [2.05, 4.69) is 25.0 Å². The fraction of sp³-hybridized carbons (Fsp3) is 0.105. The number of nitrogens with two attached hydrogens (primary N) is 1. The number of amides is 1. The third-order valence-corrected chi connectivity index (χ3v) is 3.96. The molecule has 0 aliphatic rings. The minimum atomic E-state index is -0.804. The van der Waals surface area contributed by atoms with E-state index in [1.165, 1.54) is 31.9 Å². The lowest BCUT2D eigenvalue weighted by Gasteiger charge is -2.11. The Labute approximate surface area is 165 Å². The van der Waals surface area contributed by atoms with Crippen LogP contribution in [0.5, 0.6) is 5.75 Å². The maximum absolute atomic E-state index is 12.4. The predicted octanol–water partition coefficient (Wildman–Crippen LogP) is 1.30. The average Bonchev–Trinajstić information content (AvgIpc) is 3.24. The van der Waals surface area contributed by atoms with Gasteiger partial charge in [-0.1, -0.05) is 35.5 Å². The fourth-order valence-corrected chi connectivity index (χ4v) is 2.47. The molecule has 3 rings (SSSR count). The highest BCUT2D eigenvalue weighted by atomic mass is 16.5. The fourth-order valence-electron chi connectivity index (χ4n) is 2.47. The molecule has 0 aliphatic heterocycles. The number of anilines is 1. The van der Waals surface area contributed by atoms with E-state index in [1.54, 1.807) is 0 Å². The van der Waals surface area contributed by atoms with Crippen LogP contribution in [0.3, 0.4) is 0 Å². The van der Waals surface area contributed by atoms with Crippen molar-refractivity contribution >= 4 is 23.4 Å². The summed E-state index contributed by atoms with van der Waals surface area (Å²) in [6.07, 6.45) is 5.12. The zero-order valence-corrected chi connectivity index (χ0v) is 15.4. The lowest BCUT2D eigenvalue weighted by molar-refractivity contribution is 0.101. The maximum atomic E-state index is 12.4. The number of carbonyl (C=O) groups excluding carboxylic acids is 1. The van der Waals surface area contributed by atoms with Crippen molar-refractivity contribution in [2.75, 3.05) is 5.32 Å². The molecule has 2 aromatic heterocycles. The Morgan fingerprint density at radius 3 is 2.79 bits per heavy atom. The van der Waals surface area contributed by atoms with Crippen molar-refractivity contribution in [3.05, 3.63) is 76.4 Å². The Hall–Kier alpha value is -4.21. The van der Waals surface area contributed by atoms with Gasteiger partial charge in [-0.3, -0.25) is 19.1 Å². The van der Waals surface area contributed by atoms with Gasteiger partial charge in [-0.25, -0.2) is 4.98 Å². The monoisotopic (exact) mass is 394 g/mol. The van der Waals surface area contributed by atoms with E-state index in [1.807, 2.05) is 30.3 Å². The molecule has 2 heterocycles. The topological polar surface area (TPSA) is 149 Å². The van der Waals surface area contributed by atoms with Gasteiger partial charge in [-0.2, -0.15) is 0 Å². The third kappa shape index (κ3) is 4.38. The van der Waals surface area contributed by atoms with E-state index >= 15 is 0 Å². The van der Waals surface area contributed by atoms with Crippen LogP contribution in [-0.4, -0.2) is 31.9 Å². The molecule has 0 spiro atoms. The normalized spacial score (nSPS) is 11.7. The SMILES string of the molecule is Cn1c(/C(C=NCc2ccccc2)=C/N)nc(C(=O)Nc2cnoc2)c(O)c1=O. The van der Waals surface area contributed by atoms with Crippen molar-refractivity contribution in [2.24, 2.45) is 17.8 Å². The molecule has 0 bridgehead atoms. The molecular formula is C19H18N6O4. The molecule has 0 fully saturated rings. The van der Waals surface area contributed by atoms with E-state index in [-0.39, 0.29) is 11.5 Å². The summed E-state index contributed by atoms with van der Waals surface area (Å²) < 4.78 is 5.71. The third-order valence-electron chi connectivity index (χ3n) is 3.96. The first-order valence-corrected chi connectivity index (χ1v) is 8.48. The average molecular weight is 394 g/mol. The van der Waals surface area contributed by atoms with Crippen LogP contribution >= 0.6 is 0 Å². The molecule has 3 aromatic rings. The van der Waals surface area contributed by atoms with Gasteiger partial charge in [0.25, 0.3) is 11.5 Å². The van der Waals surface area contributed by atoms with Crippen molar-refractivity contribution < 1.29 is 14.4 Å². The number of allylic oxidation sites excluding steroid dienone is 1. The molecule has 10 nitrogen and oxygen atoms in total. The summed E-state index contributed by atoms with van der Waals surface area (Å²) in [6.45, 7) is 0.394. The van der Waals surface area contributed by atoms with Crippen molar-refractivity contribution in [1.82, 2.24) is 14.7 Å². The number of hydrogen-bond acceptors (Lipinski definition) is 8. The maximum Gasteiger partial charge on any atom is 0.296 e. The van der Waals surface area contributed by atoms with Gasteiger partial charge in [0.2, 0.25) is 5.75 Å². The van der Waals surface area contributed by atoms with Crippen LogP contribution in [0.15, 0.2) is 63.3 Å². The van der Waals surface area contributed by atoms with E-state index < -0.39 is 22.9 Å². The predicted molar refractivity (Wildman–Crippen MR) is 106 cm³/mol. The molecule has 0 saturated heterocycles. The molecule has 0 aliphatic carbocycles. The first-order valence-electron chi connectivity index (χ1n) is 8.48. The molecule has 0 atom stereocenters. The molecule has 1 aromatic carbocycles. The molecule has 4 N–H and O–H groups in total. The van der Waals surface area contributed by atoms with Gasteiger partial charge in [-0.05, 0) is 5.56 Å². The summed E-state index contributed by atoms with van der Waals surface area (Å²) in [7, 11) is 1.40. The molecule has 10 heteroatoms. The van der Waals surface area contributed by atoms with Crippen LogP contribution in [0.25, 0.3) is 5.57 Å². The number of rotatable bonds is 6. The van der Waals surface area contributed by atoms with Crippen LogP contribution in [0.4, 0.5) is 5.69 Å². The molecule has 0 radical (unpaired) electrons. The van der Waals surface area contributed by atoms with E-state index in [4.69, 9.17) is 5.73 Å². The smallest absolute Gasteiger partial charge is 0.296 e. The van der Waals surface area contributed by atoms with E-state index in [0.717, 1.165) is 10.1 Å². The quantitative estimate of drug-likeness (QED) is 0.533. The number of nitrogens with one attached hydrogen (secondary N) is 1. The summed E-state index contributed by atoms with van der Waals surface area (Å²) >= 11 is 0. The lowest BCUT2D eigenvalue weighted by atomic mass is 10.2. The van der Waals surface area contributed by atoms with Crippen molar-refractivity contribution in [1.29, 1.82) is 0 Å². The van der Waals surface area contributed by atoms with Crippen LogP contribution in [0.2, 0.25) is 0 Å². The number of hydrogen-bond donors (Lipinski definition) is 3. The first-order chi connectivity index (χ1) is 14.0. The number of benzene rings is 1. The summed E-state index contributed by atoms with van der Waals surface area (Å²) in [5, 5.41) is 16.0. The lowest BCUT2D eigenvalue weighted by Crippen LogP contribution is -2.27. The highest BCUT2D eigenvalue weighted by Crippen LogP contribution is 2.16. The highest BCUT2D eigenvalue weighted by Gasteiger charge is 2.21. The van der Waals surface area contributed by atoms with Crippen molar-refractivity contribution in [2.45, 2.75) is 6.54 Å². The van der Waals surface area contributed by atoms with Gasteiger partial charge in [0.05, 0.1) is 18.3 Å². The minimum Gasteiger partial charge on any atom is -0.501 e.